The number of sulfonamides is 1. The predicted molar refractivity (Wildman–Crippen MR) is 76.5 cm³/mol. The Kier molecular flexibility index (Phi) is 4.45. The second-order valence-corrected chi connectivity index (χ2v) is 7.02. The van der Waals surface area contributed by atoms with Crippen molar-refractivity contribution in [2.45, 2.75) is 31.1 Å². The third-order valence-corrected chi connectivity index (χ3v) is 5.74. The molecule has 0 aromatic heterocycles. The van der Waals surface area contributed by atoms with E-state index in [0.717, 1.165) is 12.0 Å². The standard InChI is InChI=1S/C14H20N2O3S/c1-2-11-3-5-13(6-4-11)20(18,19)16-9-7-12(8-10-16)14(15)17/h3-6,12H,2,7-10H2,1H3,(H2,15,17). The molecule has 1 saturated heterocycles. The minimum absolute atomic E-state index is 0.205. The van der Waals surface area contributed by atoms with Crippen LogP contribution in [0.4, 0.5) is 0 Å². The number of aryl methyl sites for hydroxylation is 1. The van der Waals surface area contributed by atoms with Gasteiger partial charge in [-0.3, -0.25) is 4.79 Å². The second kappa shape index (κ2) is 5.93. The van der Waals surface area contributed by atoms with E-state index in [1.54, 1.807) is 12.1 Å². The fraction of sp³-hybridized carbons (Fsp3) is 0.500. The Bertz CT molecular complexity index is 573. The van der Waals surface area contributed by atoms with Crippen LogP contribution in [0.3, 0.4) is 0 Å². The SMILES string of the molecule is CCc1ccc(S(=O)(=O)N2CCC(C(N)=O)CC2)cc1. The largest absolute Gasteiger partial charge is 0.369 e. The zero-order chi connectivity index (χ0) is 14.8. The quantitative estimate of drug-likeness (QED) is 0.904. The molecule has 1 aliphatic rings. The van der Waals surface area contributed by atoms with E-state index >= 15 is 0 Å². The summed E-state index contributed by atoms with van der Waals surface area (Å²) in [6, 6.07) is 6.97. The van der Waals surface area contributed by atoms with Crippen molar-refractivity contribution in [1.82, 2.24) is 4.31 Å². The molecule has 2 rings (SSSR count). The number of primary amides is 1. The second-order valence-electron chi connectivity index (χ2n) is 5.08. The lowest BCUT2D eigenvalue weighted by Crippen LogP contribution is -2.41. The van der Waals surface area contributed by atoms with Crippen LogP contribution in [0.1, 0.15) is 25.3 Å². The van der Waals surface area contributed by atoms with Crippen molar-refractivity contribution >= 4 is 15.9 Å². The van der Waals surface area contributed by atoms with Crippen LogP contribution in [0.15, 0.2) is 29.2 Å². The maximum absolute atomic E-state index is 12.5. The summed E-state index contributed by atoms with van der Waals surface area (Å²) in [5, 5.41) is 0. The van der Waals surface area contributed by atoms with E-state index in [4.69, 9.17) is 5.73 Å². The lowest BCUT2D eigenvalue weighted by molar-refractivity contribution is -0.122. The van der Waals surface area contributed by atoms with Gasteiger partial charge in [0.05, 0.1) is 4.90 Å². The Labute approximate surface area is 119 Å². The van der Waals surface area contributed by atoms with Crippen LogP contribution in [-0.2, 0) is 21.2 Å². The maximum Gasteiger partial charge on any atom is 0.243 e. The van der Waals surface area contributed by atoms with Gasteiger partial charge >= 0.3 is 0 Å². The van der Waals surface area contributed by atoms with Crippen LogP contribution in [0.2, 0.25) is 0 Å². The van der Waals surface area contributed by atoms with Crippen molar-refractivity contribution in [3.63, 3.8) is 0 Å². The molecule has 2 N–H and O–H groups in total. The molecule has 1 aromatic carbocycles. The van der Waals surface area contributed by atoms with Gasteiger partial charge in [-0.15, -0.1) is 0 Å². The third-order valence-electron chi connectivity index (χ3n) is 3.83. The highest BCUT2D eigenvalue weighted by atomic mass is 32.2. The number of hydrogen-bond acceptors (Lipinski definition) is 3. The highest BCUT2D eigenvalue weighted by Gasteiger charge is 2.31. The van der Waals surface area contributed by atoms with Crippen molar-refractivity contribution < 1.29 is 13.2 Å². The van der Waals surface area contributed by atoms with E-state index in [1.165, 1.54) is 4.31 Å². The van der Waals surface area contributed by atoms with Crippen LogP contribution in [-0.4, -0.2) is 31.7 Å². The Hall–Kier alpha value is -1.40. The monoisotopic (exact) mass is 296 g/mol. The number of piperidine rings is 1. The number of carbonyl (C=O) groups excluding carboxylic acids is 1. The highest BCUT2D eigenvalue weighted by Crippen LogP contribution is 2.23. The molecule has 1 aliphatic heterocycles. The summed E-state index contributed by atoms with van der Waals surface area (Å²) < 4.78 is 26.4. The molecule has 0 saturated carbocycles. The van der Waals surface area contributed by atoms with E-state index in [9.17, 15) is 13.2 Å². The molecule has 5 nitrogen and oxygen atoms in total. The van der Waals surface area contributed by atoms with Crippen molar-refractivity contribution in [2.24, 2.45) is 11.7 Å². The number of rotatable bonds is 4. The first-order chi connectivity index (χ1) is 9.45. The molecule has 1 fully saturated rings. The van der Waals surface area contributed by atoms with Gasteiger partial charge in [-0.1, -0.05) is 19.1 Å². The predicted octanol–water partition coefficient (Wildman–Crippen LogP) is 1.14. The molecule has 110 valence electrons. The van der Waals surface area contributed by atoms with E-state index in [0.29, 0.717) is 30.8 Å². The van der Waals surface area contributed by atoms with Gasteiger partial charge in [0.1, 0.15) is 0 Å². The molecule has 1 aromatic rings. The van der Waals surface area contributed by atoms with Crippen LogP contribution < -0.4 is 5.73 Å². The summed E-state index contributed by atoms with van der Waals surface area (Å²) in [6.45, 7) is 2.73. The summed E-state index contributed by atoms with van der Waals surface area (Å²) in [6.07, 6.45) is 1.88. The van der Waals surface area contributed by atoms with Crippen LogP contribution in [0.25, 0.3) is 0 Å². The summed E-state index contributed by atoms with van der Waals surface area (Å²) in [4.78, 5) is 11.4. The maximum atomic E-state index is 12.5. The normalized spacial score (nSPS) is 18.1. The average molecular weight is 296 g/mol. The average Bonchev–Trinajstić information content (AvgIpc) is 2.47. The third kappa shape index (κ3) is 3.02. The Morgan fingerprint density at radius 3 is 2.25 bits per heavy atom. The first kappa shape index (κ1) is 15.0. The van der Waals surface area contributed by atoms with Crippen molar-refractivity contribution in [3.05, 3.63) is 29.8 Å². The molecule has 1 heterocycles. The minimum atomic E-state index is -3.45. The summed E-state index contributed by atoms with van der Waals surface area (Å²) in [5.41, 5.74) is 6.37. The number of nitrogens with two attached hydrogens (primary N) is 1. The Morgan fingerprint density at radius 1 is 1.25 bits per heavy atom. The van der Waals surface area contributed by atoms with Gasteiger partial charge in [0.15, 0.2) is 0 Å². The van der Waals surface area contributed by atoms with Crippen molar-refractivity contribution in [1.29, 1.82) is 0 Å². The first-order valence-electron chi connectivity index (χ1n) is 6.83. The van der Waals surface area contributed by atoms with Crippen LogP contribution in [0.5, 0.6) is 0 Å². The number of carbonyl (C=O) groups is 1. The summed E-state index contributed by atoms with van der Waals surface area (Å²) in [7, 11) is -3.45. The van der Waals surface area contributed by atoms with Gasteiger partial charge in [0, 0.05) is 19.0 Å². The van der Waals surface area contributed by atoms with E-state index in [-0.39, 0.29) is 11.8 Å². The zero-order valence-corrected chi connectivity index (χ0v) is 12.4. The van der Waals surface area contributed by atoms with E-state index < -0.39 is 10.0 Å². The molecular weight excluding hydrogens is 276 g/mol. The molecule has 6 heteroatoms. The molecule has 1 amide bonds. The molecule has 0 unspecified atom stereocenters. The van der Waals surface area contributed by atoms with Crippen LogP contribution >= 0.6 is 0 Å². The Balaban J connectivity index is 2.13. The molecular formula is C14H20N2O3S. The van der Waals surface area contributed by atoms with Gasteiger partial charge in [-0.05, 0) is 37.0 Å². The molecule has 0 radical (unpaired) electrons. The van der Waals surface area contributed by atoms with Gasteiger partial charge < -0.3 is 5.73 Å². The Morgan fingerprint density at radius 2 is 1.80 bits per heavy atom. The fourth-order valence-corrected chi connectivity index (χ4v) is 3.90. The summed E-state index contributed by atoms with van der Waals surface area (Å²) in [5.74, 6) is -0.543. The number of benzene rings is 1. The lowest BCUT2D eigenvalue weighted by Gasteiger charge is -2.29. The van der Waals surface area contributed by atoms with Gasteiger partial charge in [-0.2, -0.15) is 4.31 Å². The van der Waals surface area contributed by atoms with Crippen molar-refractivity contribution in [2.75, 3.05) is 13.1 Å². The number of nitrogens with zero attached hydrogens (tertiary/aromatic N) is 1. The first-order valence-corrected chi connectivity index (χ1v) is 8.27. The van der Waals surface area contributed by atoms with Gasteiger partial charge in [0.25, 0.3) is 0 Å². The smallest absolute Gasteiger partial charge is 0.243 e. The van der Waals surface area contributed by atoms with E-state index in [1.807, 2.05) is 19.1 Å². The minimum Gasteiger partial charge on any atom is -0.369 e. The van der Waals surface area contributed by atoms with Gasteiger partial charge in [-0.25, -0.2) is 8.42 Å². The van der Waals surface area contributed by atoms with Crippen molar-refractivity contribution in [3.8, 4) is 0 Å². The number of amides is 1. The highest BCUT2D eigenvalue weighted by molar-refractivity contribution is 7.89. The molecule has 0 aliphatic carbocycles. The topological polar surface area (TPSA) is 80.5 Å². The molecule has 20 heavy (non-hydrogen) atoms. The van der Waals surface area contributed by atoms with E-state index in [2.05, 4.69) is 0 Å². The molecule has 0 bridgehead atoms. The summed E-state index contributed by atoms with van der Waals surface area (Å²) >= 11 is 0. The fourth-order valence-electron chi connectivity index (χ4n) is 2.43. The molecule has 0 spiro atoms. The zero-order valence-electron chi connectivity index (χ0n) is 11.6. The lowest BCUT2D eigenvalue weighted by atomic mass is 9.98. The van der Waals surface area contributed by atoms with Gasteiger partial charge in [0.2, 0.25) is 15.9 Å². The molecule has 0 atom stereocenters. The number of hydrogen-bond donors (Lipinski definition) is 1. The van der Waals surface area contributed by atoms with Crippen LogP contribution in [0, 0.1) is 5.92 Å².